The first-order chi connectivity index (χ1) is 11.2. The molecule has 1 saturated heterocycles. The molecule has 0 aliphatic carbocycles. The van der Waals surface area contributed by atoms with Gasteiger partial charge in [0, 0.05) is 12.6 Å². The summed E-state index contributed by atoms with van der Waals surface area (Å²) in [4.78, 5) is 14.2. The standard InChI is InChI=1S/C17H20F3N3O/c1-4-23-6-5-13(22-16(24)17(2,3)9-21)15(23)10-7-11(18)14(20)12(19)8-10/h7-8,13,15H,4-6H2,1-3H3,(H,22,24)/t13-,15+/m1/s1. The fourth-order valence-electron chi connectivity index (χ4n) is 2.95. The van der Waals surface area contributed by atoms with E-state index in [1.807, 2.05) is 17.9 Å². The molecule has 0 saturated carbocycles. The maximum atomic E-state index is 13.6. The predicted molar refractivity (Wildman–Crippen MR) is 82.2 cm³/mol. The fraction of sp³-hybridized carbons (Fsp3) is 0.529. The highest BCUT2D eigenvalue weighted by Crippen LogP contribution is 2.34. The molecule has 0 spiro atoms. The number of likely N-dealkylation sites (N-methyl/N-ethyl adjacent to an activating group) is 1. The molecule has 1 N–H and O–H groups in total. The van der Waals surface area contributed by atoms with E-state index >= 15 is 0 Å². The van der Waals surface area contributed by atoms with E-state index in [0.29, 0.717) is 19.5 Å². The highest BCUT2D eigenvalue weighted by atomic mass is 19.2. The number of amides is 1. The van der Waals surface area contributed by atoms with Gasteiger partial charge in [0.25, 0.3) is 0 Å². The number of likely N-dealkylation sites (tertiary alicyclic amines) is 1. The average Bonchev–Trinajstić information content (AvgIpc) is 2.94. The van der Waals surface area contributed by atoms with Gasteiger partial charge >= 0.3 is 0 Å². The highest BCUT2D eigenvalue weighted by molar-refractivity contribution is 5.84. The van der Waals surface area contributed by atoms with Crippen molar-refractivity contribution in [3.05, 3.63) is 35.1 Å². The van der Waals surface area contributed by atoms with E-state index in [4.69, 9.17) is 5.26 Å². The number of nitrogens with one attached hydrogen (secondary N) is 1. The molecule has 1 heterocycles. The molecule has 4 nitrogen and oxygen atoms in total. The van der Waals surface area contributed by atoms with Crippen LogP contribution < -0.4 is 5.32 Å². The maximum Gasteiger partial charge on any atom is 0.240 e. The molecule has 1 aliphatic rings. The van der Waals surface area contributed by atoms with Gasteiger partial charge in [-0.25, -0.2) is 13.2 Å². The Morgan fingerprint density at radius 1 is 1.38 bits per heavy atom. The van der Waals surface area contributed by atoms with Crippen LogP contribution in [0.25, 0.3) is 0 Å². The third-order valence-corrected chi connectivity index (χ3v) is 4.42. The number of hydrogen-bond donors (Lipinski definition) is 1. The number of benzene rings is 1. The summed E-state index contributed by atoms with van der Waals surface area (Å²) >= 11 is 0. The smallest absolute Gasteiger partial charge is 0.240 e. The van der Waals surface area contributed by atoms with Crippen LogP contribution in [0.3, 0.4) is 0 Å². The zero-order valence-corrected chi connectivity index (χ0v) is 13.9. The lowest BCUT2D eigenvalue weighted by atomic mass is 9.92. The Kier molecular flexibility index (Phi) is 5.19. The van der Waals surface area contributed by atoms with Gasteiger partial charge in [-0.1, -0.05) is 6.92 Å². The molecule has 0 unspecified atom stereocenters. The number of hydrogen-bond acceptors (Lipinski definition) is 3. The summed E-state index contributed by atoms with van der Waals surface area (Å²) in [5.74, 6) is -4.46. The molecule has 1 aromatic rings. The number of nitrogens with zero attached hydrogens (tertiary/aromatic N) is 2. The molecule has 24 heavy (non-hydrogen) atoms. The lowest BCUT2D eigenvalue weighted by Crippen LogP contribution is -2.45. The number of carbonyl (C=O) groups is 1. The molecule has 0 radical (unpaired) electrons. The lowest BCUT2D eigenvalue weighted by Gasteiger charge is -2.29. The molecule has 130 valence electrons. The zero-order chi connectivity index (χ0) is 18.1. The van der Waals surface area contributed by atoms with Crippen molar-refractivity contribution < 1.29 is 18.0 Å². The van der Waals surface area contributed by atoms with E-state index in [9.17, 15) is 18.0 Å². The fourth-order valence-corrected chi connectivity index (χ4v) is 2.95. The summed E-state index contributed by atoms with van der Waals surface area (Å²) in [6, 6.07) is 2.97. The minimum atomic E-state index is -1.51. The van der Waals surface area contributed by atoms with Gasteiger partial charge in [0.1, 0.15) is 5.41 Å². The van der Waals surface area contributed by atoms with Crippen LogP contribution in [0.15, 0.2) is 12.1 Å². The summed E-state index contributed by atoms with van der Waals surface area (Å²) in [5, 5.41) is 11.9. The summed E-state index contributed by atoms with van der Waals surface area (Å²) in [6.45, 7) is 6.13. The SMILES string of the molecule is CCN1CC[C@@H](NC(=O)C(C)(C)C#N)[C@@H]1c1cc(F)c(F)c(F)c1. The zero-order valence-electron chi connectivity index (χ0n) is 13.9. The largest absolute Gasteiger partial charge is 0.350 e. The summed E-state index contributed by atoms with van der Waals surface area (Å²) in [6.07, 6.45) is 0.576. The van der Waals surface area contributed by atoms with E-state index < -0.39 is 40.9 Å². The first kappa shape index (κ1) is 18.3. The number of halogens is 3. The second-order valence-corrected chi connectivity index (χ2v) is 6.48. The number of nitriles is 1. The van der Waals surface area contributed by atoms with Crippen LogP contribution in [-0.4, -0.2) is 29.9 Å². The second kappa shape index (κ2) is 6.81. The van der Waals surface area contributed by atoms with Crippen LogP contribution in [0, 0.1) is 34.2 Å². The van der Waals surface area contributed by atoms with Crippen molar-refractivity contribution in [1.29, 1.82) is 5.26 Å². The van der Waals surface area contributed by atoms with Crippen LogP contribution >= 0.6 is 0 Å². The Labute approximate surface area is 139 Å². The first-order valence-corrected chi connectivity index (χ1v) is 7.82. The van der Waals surface area contributed by atoms with E-state index in [1.165, 1.54) is 13.8 Å². The molecule has 1 aromatic carbocycles. The summed E-state index contributed by atoms with van der Waals surface area (Å²) in [5.41, 5.74) is -0.936. The van der Waals surface area contributed by atoms with Gasteiger partial charge in [0.15, 0.2) is 17.5 Å². The third-order valence-electron chi connectivity index (χ3n) is 4.42. The summed E-state index contributed by atoms with van der Waals surface area (Å²) in [7, 11) is 0. The van der Waals surface area contributed by atoms with Crippen LogP contribution in [0.2, 0.25) is 0 Å². The number of rotatable bonds is 4. The molecular weight excluding hydrogens is 319 g/mol. The molecule has 0 bridgehead atoms. The second-order valence-electron chi connectivity index (χ2n) is 6.48. The highest BCUT2D eigenvalue weighted by Gasteiger charge is 2.39. The maximum absolute atomic E-state index is 13.6. The van der Waals surface area contributed by atoms with Crippen LogP contribution in [0.1, 0.15) is 38.8 Å². The Morgan fingerprint density at radius 3 is 2.46 bits per heavy atom. The van der Waals surface area contributed by atoms with Crippen molar-refractivity contribution in [3.8, 4) is 6.07 Å². The Hall–Kier alpha value is -2.07. The molecule has 1 aliphatic heterocycles. The average molecular weight is 339 g/mol. The van der Waals surface area contributed by atoms with Crippen molar-refractivity contribution in [2.75, 3.05) is 13.1 Å². The van der Waals surface area contributed by atoms with Crippen LogP contribution in [-0.2, 0) is 4.79 Å². The Bertz CT molecular complexity index is 661. The lowest BCUT2D eigenvalue weighted by molar-refractivity contribution is -0.127. The molecular formula is C17H20F3N3O. The Morgan fingerprint density at radius 2 is 1.96 bits per heavy atom. The van der Waals surface area contributed by atoms with Gasteiger partial charge in [-0.3, -0.25) is 9.69 Å². The summed E-state index contributed by atoms with van der Waals surface area (Å²) < 4.78 is 40.4. The quantitative estimate of drug-likeness (QED) is 0.858. The van der Waals surface area contributed by atoms with Crippen LogP contribution in [0.4, 0.5) is 13.2 Å². The Balaban J connectivity index is 2.33. The molecule has 7 heteroatoms. The minimum absolute atomic E-state index is 0.269. The van der Waals surface area contributed by atoms with E-state index in [-0.39, 0.29) is 5.56 Å². The number of carbonyl (C=O) groups excluding carboxylic acids is 1. The molecule has 2 atom stereocenters. The van der Waals surface area contributed by atoms with Gasteiger partial charge < -0.3 is 5.32 Å². The van der Waals surface area contributed by atoms with Crippen molar-refractivity contribution in [2.24, 2.45) is 5.41 Å². The van der Waals surface area contributed by atoms with Gasteiger partial charge in [0.2, 0.25) is 5.91 Å². The van der Waals surface area contributed by atoms with Gasteiger partial charge in [-0.05, 0) is 44.5 Å². The molecule has 1 amide bonds. The first-order valence-electron chi connectivity index (χ1n) is 7.82. The van der Waals surface area contributed by atoms with E-state index in [0.717, 1.165) is 12.1 Å². The molecule has 1 fully saturated rings. The topological polar surface area (TPSA) is 56.1 Å². The predicted octanol–water partition coefficient (Wildman–Crippen LogP) is 2.91. The molecule has 0 aromatic heterocycles. The minimum Gasteiger partial charge on any atom is -0.350 e. The van der Waals surface area contributed by atoms with Crippen LogP contribution in [0.5, 0.6) is 0 Å². The van der Waals surface area contributed by atoms with E-state index in [1.54, 1.807) is 0 Å². The monoisotopic (exact) mass is 339 g/mol. The van der Waals surface area contributed by atoms with E-state index in [2.05, 4.69) is 5.32 Å². The van der Waals surface area contributed by atoms with Crippen molar-refractivity contribution in [1.82, 2.24) is 10.2 Å². The third kappa shape index (κ3) is 3.39. The van der Waals surface area contributed by atoms with Crippen molar-refractivity contribution in [2.45, 2.75) is 39.3 Å². The van der Waals surface area contributed by atoms with Crippen molar-refractivity contribution >= 4 is 5.91 Å². The molecule has 2 rings (SSSR count). The normalized spacial score (nSPS) is 21.5. The van der Waals surface area contributed by atoms with Crippen molar-refractivity contribution in [3.63, 3.8) is 0 Å². The van der Waals surface area contributed by atoms with Gasteiger partial charge in [-0.15, -0.1) is 0 Å². The van der Waals surface area contributed by atoms with Gasteiger partial charge in [-0.2, -0.15) is 5.26 Å². The van der Waals surface area contributed by atoms with Gasteiger partial charge in [0.05, 0.1) is 12.1 Å².